The fraction of sp³-hybridized carbons (Fsp3) is 0.179. The van der Waals surface area contributed by atoms with Crippen LogP contribution in [0.15, 0.2) is 66.2 Å². The average Bonchev–Trinajstić information content (AvgIpc) is 3.63. The van der Waals surface area contributed by atoms with Gasteiger partial charge in [0.2, 0.25) is 5.95 Å². The molecule has 4 aromatic rings. The Morgan fingerprint density at radius 1 is 1.05 bits per heavy atom. The van der Waals surface area contributed by atoms with Crippen molar-refractivity contribution in [3.63, 3.8) is 0 Å². The molecule has 2 aliphatic rings. The molecular formula is C28H23N3O6. The molecule has 9 nitrogen and oxygen atoms in total. The number of anilines is 1. The molecule has 1 atom stereocenters. The van der Waals surface area contributed by atoms with Crippen molar-refractivity contribution in [1.82, 2.24) is 9.97 Å². The number of fused-ring (bicyclic) bond motifs is 2. The standard InChI is InChI=1S/C28H23N3O6/c1-35-18-5-3-4-16(13-18)24-23(25(32)17-6-9-22-15(12-17)10-11-37-22)26(33)27(34)31(24)28-29-20-8-7-19(36-2)14-21(20)30-28/h3-9,12-14,24,32H,10-11H2,1-2H3,(H,29,30)/b25-23+. The number of rotatable bonds is 5. The van der Waals surface area contributed by atoms with Crippen LogP contribution in [0.5, 0.6) is 17.2 Å². The number of hydrogen-bond donors (Lipinski definition) is 2. The maximum absolute atomic E-state index is 13.5. The van der Waals surface area contributed by atoms with Crippen molar-refractivity contribution in [1.29, 1.82) is 0 Å². The van der Waals surface area contributed by atoms with E-state index in [4.69, 9.17) is 14.2 Å². The van der Waals surface area contributed by atoms with Gasteiger partial charge in [-0.05, 0) is 53.6 Å². The first-order valence-corrected chi connectivity index (χ1v) is 11.7. The summed E-state index contributed by atoms with van der Waals surface area (Å²) < 4.78 is 16.3. The molecule has 0 spiro atoms. The molecule has 2 aliphatic heterocycles. The van der Waals surface area contributed by atoms with Crippen LogP contribution in [0.1, 0.15) is 22.7 Å². The lowest BCUT2D eigenvalue weighted by Crippen LogP contribution is -2.30. The Hall–Kier alpha value is -4.79. The SMILES string of the molecule is COc1cccc(C2/C(=C(\O)c3ccc4c(c3)CCO4)C(=O)C(=O)N2c2nc3ccc(OC)cc3[nH]2)c1. The molecule has 1 amide bonds. The van der Waals surface area contributed by atoms with Crippen molar-refractivity contribution in [2.45, 2.75) is 12.5 Å². The van der Waals surface area contributed by atoms with E-state index in [2.05, 4.69) is 9.97 Å². The van der Waals surface area contributed by atoms with Crippen LogP contribution < -0.4 is 19.1 Å². The fourth-order valence-electron chi connectivity index (χ4n) is 4.88. The van der Waals surface area contributed by atoms with Gasteiger partial charge in [-0.15, -0.1) is 0 Å². The van der Waals surface area contributed by atoms with Gasteiger partial charge in [-0.1, -0.05) is 12.1 Å². The molecule has 6 rings (SSSR count). The molecule has 0 radical (unpaired) electrons. The number of imidazole rings is 1. The van der Waals surface area contributed by atoms with Crippen LogP contribution in [0.4, 0.5) is 5.95 Å². The lowest BCUT2D eigenvalue weighted by molar-refractivity contribution is -0.132. The van der Waals surface area contributed by atoms with Crippen molar-refractivity contribution in [3.05, 3.63) is 82.9 Å². The van der Waals surface area contributed by atoms with Gasteiger partial charge in [0.05, 0.1) is 43.5 Å². The van der Waals surface area contributed by atoms with Crippen LogP contribution in [0.3, 0.4) is 0 Å². The molecular weight excluding hydrogens is 474 g/mol. The Morgan fingerprint density at radius 3 is 2.68 bits per heavy atom. The first kappa shape index (κ1) is 22.7. The van der Waals surface area contributed by atoms with Crippen LogP contribution in [0, 0.1) is 0 Å². The second kappa shape index (κ2) is 8.70. The van der Waals surface area contributed by atoms with E-state index in [1.165, 1.54) is 12.0 Å². The van der Waals surface area contributed by atoms with Crippen LogP contribution in [0.2, 0.25) is 0 Å². The number of carbonyl (C=O) groups is 2. The Morgan fingerprint density at radius 2 is 1.86 bits per heavy atom. The van der Waals surface area contributed by atoms with E-state index >= 15 is 0 Å². The van der Waals surface area contributed by atoms with Crippen LogP contribution in [-0.2, 0) is 16.0 Å². The van der Waals surface area contributed by atoms with E-state index in [1.807, 2.05) is 0 Å². The van der Waals surface area contributed by atoms with Gasteiger partial charge in [-0.3, -0.25) is 14.5 Å². The Bertz CT molecular complexity index is 1600. The highest BCUT2D eigenvalue weighted by atomic mass is 16.5. The fourth-order valence-corrected chi connectivity index (χ4v) is 4.88. The van der Waals surface area contributed by atoms with E-state index in [1.54, 1.807) is 67.8 Å². The lowest BCUT2D eigenvalue weighted by atomic mass is 9.94. The Kier molecular flexibility index (Phi) is 5.33. The quantitative estimate of drug-likeness (QED) is 0.242. The van der Waals surface area contributed by atoms with Gasteiger partial charge in [0.15, 0.2) is 0 Å². The number of ketones is 1. The summed E-state index contributed by atoms with van der Waals surface area (Å²) in [6.07, 6.45) is 0.701. The second-order valence-corrected chi connectivity index (χ2v) is 8.81. The number of benzene rings is 3. The molecule has 1 unspecified atom stereocenters. The van der Waals surface area contributed by atoms with E-state index in [9.17, 15) is 14.7 Å². The minimum atomic E-state index is -0.943. The average molecular weight is 498 g/mol. The number of aromatic amines is 1. The number of nitrogens with zero attached hydrogens (tertiary/aromatic N) is 2. The van der Waals surface area contributed by atoms with Crippen molar-refractivity contribution < 1.29 is 28.9 Å². The van der Waals surface area contributed by atoms with E-state index < -0.39 is 17.7 Å². The summed E-state index contributed by atoms with van der Waals surface area (Å²) in [5, 5.41) is 11.4. The minimum absolute atomic E-state index is 0.0323. The molecule has 1 aromatic heterocycles. The number of Topliss-reactive ketones (excluding diaryl/α,β-unsaturated/α-hetero) is 1. The van der Waals surface area contributed by atoms with Crippen LogP contribution >= 0.6 is 0 Å². The molecule has 1 fully saturated rings. The largest absolute Gasteiger partial charge is 0.507 e. The zero-order chi connectivity index (χ0) is 25.7. The van der Waals surface area contributed by atoms with Gasteiger partial charge in [-0.25, -0.2) is 4.98 Å². The summed E-state index contributed by atoms with van der Waals surface area (Å²) in [7, 11) is 3.10. The Balaban J connectivity index is 1.54. The summed E-state index contributed by atoms with van der Waals surface area (Å²) in [4.78, 5) is 35.9. The van der Waals surface area contributed by atoms with Gasteiger partial charge in [0, 0.05) is 18.1 Å². The highest BCUT2D eigenvalue weighted by molar-refractivity contribution is 6.51. The number of hydrogen-bond acceptors (Lipinski definition) is 7. The van der Waals surface area contributed by atoms with Crippen LogP contribution in [-0.4, -0.2) is 47.6 Å². The number of ether oxygens (including phenoxy) is 3. The maximum atomic E-state index is 13.5. The molecule has 37 heavy (non-hydrogen) atoms. The van der Waals surface area contributed by atoms with Crippen molar-refractivity contribution >= 4 is 34.4 Å². The third-order valence-electron chi connectivity index (χ3n) is 6.72. The minimum Gasteiger partial charge on any atom is -0.507 e. The van der Waals surface area contributed by atoms with E-state index in [-0.39, 0.29) is 17.3 Å². The molecule has 3 heterocycles. The topological polar surface area (TPSA) is 114 Å². The van der Waals surface area contributed by atoms with Crippen molar-refractivity contribution in [2.24, 2.45) is 0 Å². The number of amides is 1. The predicted molar refractivity (Wildman–Crippen MR) is 136 cm³/mol. The number of nitrogens with one attached hydrogen (secondary N) is 1. The normalized spacial score (nSPS) is 18.2. The lowest BCUT2D eigenvalue weighted by Gasteiger charge is -2.23. The number of aliphatic hydroxyl groups is 1. The Labute approximate surface area is 211 Å². The number of aromatic nitrogens is 2. The number of H-pyrrole nitrogens is 1. The zero-order valence-electron chi connectivity index (χ0n) is 20.1. The molecule has 186 valence electrons. The summed E-state index contributed by atoms with van der Waals surface area (Å²) in [6.45, 7) is 0.560. The van der Waals surface area contributed by atoms with Crippen molar-refractivity contribution in [3.8, 4) is 17.2 Å². The summed E-state index contributed by atoms with van der Waals surface area (Å²) in [6, 6.07) is 16.6. The van der Waals surface area contributed by atoms with Crippen molar-refractivity contribution in [2.75, 3.05) is 25.7 Å². The maximum Gasteiger partial charge on any atom is 0.302 e. The van der Waals surface area contributed by atoms with E-state index in [0.717, 1.165) is 11.3 Å². The van der Waals surface area contributed by atoms with Gasteiger partial charge in [0.25, 0.3) is 5.78 Å². The molecule has 2 N–H and O–H groups in total. The second-order valence-electron chi connectivity index (χ2n) is 8.81. The summed E-state index contributed by atoms with van der Waals surface area (Å²) in [5.41, 5.74) is 3.16. The number of methoxy groups -OCH3 is 2. The van der Waals surface area contributed by atoms with Gasteiger partial charge >= 0.3 is 5.91 Å². The smallest absolute Gasteiger partial charge is 0.302 e. The molecule has 3 aromatic carbocycles. The van der Waals surface area contributed by atoms with Gasteiger partial charge in [0.1, 0.15) is 23.0 Å². The summed E-state index contributed by atoms with van der Waals surface area (Å²) >= 11 is 0. The molecule has 9 heteroatoms. The third kappa shape index (κ3) is 3.67. The molecule has 0 saturated carbocycles. The number of aliphatic hydroxyl groups excluding tert-OH is 1. The first-order chi connectivity index (χ1) is 18.0. The monoisotopic (exact) mass is 497 g/mol. The van der Waals surface area contributed by atoms with Gasteiger partial charge < -0.3 is 24.3 Å². The highest BCUT2D eigenvalue weighted by Gasteiger charge is 2.48. The van der Waals surface area contributed by atoms with Crippen LogP contribution in [0.25, 0.3) is 16.8 Å². The number of carbonyl (C=O) groups excluding carboxylic acids is 2. The molecule has 0 bridgehead atoms. The highest BCUT2D eigenvalue weighted by Crippen LogP contribution is 2.43. The summed E-state index contributed by atoms with van der Waals surface area (Å²) in [5.74, 6) is 0.228. The van der Waals surface area contributed by atoms with Gasteiger partial charge in [-0.2, -0.15) is 0 Å². The van der Waals surface area contributed by atoms with E-state index in [0.29, 0.717) is 46.7 Å². The third-order valence-corrected chi connectivity index (χ3v) is 6.72. The molecule has 1 saturated heterocycles. The first-order valence-electron chi connectivity index (χ1n) is 11.7. The molecule has 0 aliphatic carbocycles. The predicted octanol–water partition coefficient (Wildman–Crippen LogP) is 4.14. The zero-order valence-corrected chi connectivity index (χ0v) is 20.1.